The van der Waals surface area contributed by atoms with Gasteiger partial charge in [0, 0.05) is 37.7 Å². The van der Waals surface area contributed by atoms with Gasteiger partial charge in [0.2, 0.25) is 11.7 Å². The Labute approximate surface area is 200 Å². The minimum atomic E-state index is -0.441. The molecule has 3 heterocycles. The van der Waals surface area contributed by atoms with E-state index in [0.29, 0.717) is 41.6 Å². The number of hydrogen-bond donors (Lipinski definition) is 1. The Morgan fingerprint density at radius 1 is 1.14 bits per heavy atom. The van der Waals surface area contributed by atoms with Gasteiger partial charge in [-0.25, -0.2) is 14.5 Å². The topological polar surface area (TPSA) is 117 Å². The monoisotopic (exact) mass is 472 g/mol. The third-order valence-corrected chi connectivity index (χ3v) is 5.85. The van der Waals surface area contributed by atoms with Gasteiger partial charge in [-0.05, 0) is 42.6 Å². The first-order valence-corrected chi connectivity index (χ1v) is 11.3. The van der Waals surface area contributed by atoms with Gasteiger partial charge in [0.05, 0.1) is 29.6 Å². The zero-order valence-corrected chi connectivity index (χ0v) is 19.6. The number of benzene rings is 2. The van der Waals surface area contributed by atoms with Crippen LogP contribution in [-0.4, -0.2) is 43.6 Å². The summed E-state index contributed by atoms with van der Waals surface area (Å²) in [6, 6.07) is 12.9. The fourth-order valence-electron chi connectivity index (χ4n) is 4.13. The molecular formula is C25H24N6O4. The van der Waals surface area contributed by atoms with Crippen LogP contribution < -0.4 is 10.9 Å². The van der Waals surface area contributed by atoms with Crippen LogP contribution >= 0.6 is 0 Å². The van der Waals surface area contributed by atoms with Crippen LogP contribution in [0.1, 0.15) is 23.2 Å². The molecule has 1 N–H and O–H groups in total. The van der Waals surface area contributed by atoms with Crippen molar-refractivity contribution in [3.05, 3.63) is 70.5 Å². The standard InChI is InChI=1S/C25H24N6O4/c1-4-34-25(33)18-7-8-21-20(14-18)24(32)31(30(21)3)12-11-27-23-19-13-17(22-28-15(2)35-29-22)6-5-16(19)9-10-26-23/h5-10,13-14H,4,11-12H2,1-3H3,(H,26,27). The number of esters is 1. The highest BCUT2D eigenvalue weighted by Crippen LogP contribution is 2.26. The molecule has 0 saturated carbocycles. The van der Waals surface area contributed by atoms with Crippen LogP contribution in [0.4, 0.5) is 5.82 Å². The molecule has 0 atom stereocenters. The number of carbonyl (C=O) groups is 1. The average molecular weight is 473 g/mol. The maximum absolute atomic E-state index is 13.1. The van der Waals surface area contributed by atoms with Crippen LogP contribution in [0, 0.1) is 6.92 Å². The van der Waals surface area contributed by atoms with Crippen molar-refractivity contribution in [2.75, 3.05) is 18.5 Å². The van der Waals surface area contributed by atoms with E-state index in [2.05, 4.69) is 20.4 Å². The summed E-state index contributed by atoms with van der Waals surface area (Å²) in [5, 5.41) is 9.74. The minimum Gasteiger partial charge on any atom is -0.462 e. The number of aromatic nitrogens is 5. The van der Waals surface area contributed by atoms with Crippen molar-refractivity contribution < 1.29 is 14.1 Å². The van der Waals surface area contributed by atoms with Gasteiger partial charge in [-0.15, -0.1) is 0 Å². The first-order valence-electron chi connectivity index (χ1n) is 11.3. The van der Waals surface area contributed by atoms with Gasteiger partial charge in [-0.3, -0.25) is 9.48 Å². The van der Waals surface area contributed by atoms with E-state index in [9.17, 15) is 9.59 Å². The number of carbonyl (C=O) groups excluding carboxylic acids is 1. The molecule has 0 amide bonds. The van der Waals surface area contributed by atoms with E-state index in [-0.39, 0.29) is 12.2 Å². The second-order valence-corrected chi connectivity index (χ2v) is 8.06. The lowest BCUT2D eigenvalue weighted by Gasteiger charge is -2.11. The van der Waals surface area contributed by atoms with Crippen molar-refractivity contribution in [2.24, 2.45) is 7.05 Å². The third kappa shape index (κ3) is 4.14. The number of anilines is 1. The molecule has 0 aliphatic heterocycles. The summed E-state index contributed by atoms with van der Waals surface area (Å²) in [4.78, 5) is 33.9. The molecule has 0 aliphatic rings. The lowest BCUT2D eigenvalue weighted by Crippen LogP contribution is -2.25. The van der Waals surface area contributed by atoms with Crippen LogP contribution in [0.25, 0.3) is 33.1 Å². The molecule has 5 aromatic rings. The lowest BCUT2D eigenvalue weighted by atomic mass is 10.1. The normalized spacial score (nSPS) is 11.3. The number of rotatable bonds is 7. The van der Waals surface area contributed by atoms with E-state index in [4.69, 9.17) is 9.26 Å². The summed E-state index contributed by atoms with van der Waals surface area (Å²) in [6.45, 7) is 4.64. The summed E-state index contributed by atoms with van der Waals surface area (Å²) < 4.78 is 13.6. The van der Waals surface area contributed by atoms with E-state index in [0.717, 1.165) is 21.9 Å². The molecular weight excluding hydrogens is 448 g/mol. The quantitative estimate of drug-likeness (QED) is 0.358. The molecule has 35 heavy (non-hydrogen) atoms. The van der Waals surface area contributed by atoms with E-state index in [1.165, 1.54) is 0 Å². The van der Waals surface area contributed by atoms with Gasteiger partial charge in [0.25, 0.3) is 5.56 Å². The highest BCUT2D eigenvalue weighted by Gasteiger charge is 2.15. The highest BCUT2D eigenvalue weighted by molar-refractivity contribution is 5.95. The first kappa shape index (κ1) is 22.3. The lowest BCUT2D eigenvalue weighted by molar-refractivity contribution is 0.0526. The second kappa shape index (κ2) is 9.05. The van der Waals surface area contributed by atoms with Crippen LogP contribution in [0.5, 0.6) is 0 Å². The van der Waals surface area contributed by atoms with Crippen molar-refractivity contribution in [3.8, 4) is 11.4 Å². The number of hydrogen-bond acceptors (Lipinski definition) is 8. The number of ether oxygens (including phenoxy) is 1. The molecule has 10 nitrogen and oxygen atoms in total. The van der Waals surface area contributed by atoms with Gasteiger partial charge >= 0.3 is 5.97 Å². The van der Waals surface area contributed by atoms with Crippen molar-refractivity contribution in [1.29, 1.82) is 0 Å². The smallest absolute Gasteiger partial charge is 0.338 e. The number of pyridine rings is 1. The van der Waals surface area contributed by atoms with E-state index < -0.39 is 5.97 Å². The zero-order valence-electron chi connectivity index (χ0n) is 19.6. The van der Waals surface area contributed by atoms with Crippen molar-refractivity contribution in [3.63, 3.8) is 0 Å². The molecule has 2 aromatic carbocycles. The predicted molar refractivity (Wildman–Crippen MR) is 131 cm³/mol. The third-order valence-electron chi connectivity index (χ3n) is 5.85. The molecule has 5 rings (SSSR count). The number of nitrogens with zero attached hydrogens (tertiary/aromatic N) is 5. The Kier molecular flexibility index (Phi) is 5.77. The summed E-state index contributed by atoms with van der Waals surface area (Å²) in [6.07, 6.45) is 1.74. The second-order valence-electron chi connectivity index (χ2n) is 8.06. The first-order chi connectivity index (χ1) is 17.0. The van der Waals surface area contributed by atoms with Gasteiger partial charge in [-0.2, -0.15) is 4.98 Å². The van der Waals surface area contributed by atoms with Crippen molar-refractivity contribution >= 4 is 33.5 Å². The summed E-state index contributed by atoms with van der Waals surface area (Å²) >= 11 is 0. The van der Waals surface area contributed by atoms with Crippen LogP contribution in [0.3, 0.4) is 0 Å². The maximum atomic E-state index is 13.1. The van der Waals surface area contributed by atoms with Gasteiger partial charge < -0.3 is 14.6 Å². The predicted octanol–water partition coefficient (Wildman–Crippen LogP) is 3.54. The number of nitrogens with one attached hydrogen (secondary N) is 1. The molecule has 0 saturated heterocycles. The van der Waals surface area contributed by atoms with Crippen LogP contribution in [0.15, 0.2) is 58.0 Å². The molecule has 178 valence electrons. The molecule has 0 aliphatic carbocycles. The van der Waals surface area contributed by atoms with Gasteiger partial charge in [-0.1, -0.05) is 17.3 Å². The largest absolute Gasteiger partial charge is 0.462 e. The minimum absolute atomic E-state index is 0.170. The summed E-state index contributed by atoms with van der Waals surface area (Å²) in [5.74, 6) is 1.27. The Bertz CT molecular complexity index is 1610. The Morgan fingerprint density at radius 2 is 2.00 bits per heavy atom. The molecule has 0 spiro atoms. The Balaban J connectivity index is 1.39. The van der Waals surface area contributed by atoms with E-state index >= 15 is 0 Å². The summed E-state index contributed by atoms with van der Waals surface area (Å²) in [7, 11) is 1.82. The fraction of sp³-hybridized carbons (Fsp3) is 0.240. The Morgan fingerprint density at radius 3 is 2.77 bits per heavy atom. The SMILES string of the molecule is CCOC(=O)c1ccc2c(c1)c(=O)n(CCNc1nccc3ccc(-c4noc(C)n4)cc13)n2C. The van der Waals surface area contributed by atoms with Crippen molar-refractivity contribution in [2.45, 2.75) is 20.4 Å². The van der Waals surface area contributed by atoms with E-state index in [1.807, 2.05) is 31.3 Å². The fourth-order valence-corrected chi connectivity index (χ4v) is 4.13. The van der Waals surface area contributed by atoms with E-state index in [1.54, 1.807) is 47.6 Å². The maximum Gasteiger partial charge on any atom is 0.338 e. The van der Waals surface area contributed by atoms with Crippen molar-refractivity contribution in [1.82, 2.24) is 24.5 Å². The molecule has 0 bridgehead atoms. The molecule has 3 aromatic heterocycles. The van der Waals surface area contributed by atoms with Gasteiger partial charge in [0.15, 0.2) is 0 Å². The average Bonchev–Trinajstić information content (AvgIpc) is 3.40. The molecule has 0 radical (unpaired) electrons. The Hall–Kier alpha value is -4.47. The number of aryl methyl sites for hydroxylation is 2. The molecule has 0 fully saturated rings. The molecule has 10 heteroatoms. The van der Waals surface area contributed by atoms with Crippen LogP contribution in [-0.2, 0) is 18.3 Å². The zero-order chi connectivity index (χ0) is 24.5. The summed E-state index contributed by atoms with van der Waals surface area (Å²) in [5.41, 5.74) is 1.76. The molecule has 0 unspecified atom stereocenters. The number of fused-ring (bicyclic) bond motifs is 2. The van der Waals surface area contributed by atoms with Crippen LogP contribution in [0.2, 0.25) is 0 Å². The highest BCUT2D eigenvalue weighted by atomic mass is 16.5. The van der Waals surface area contributed by atoms with Gasteiger partial charge in [0.1, 0.15) is 5.82 Å².